The summed E-state index contributed by atoms with van der Waals surface area (Å²) in [7, 11) is 0. The van der Waals surface area contributed by atoms with E-state index < -0.39 is 0 Å². The predicted molar refractivity (Wildman–Crippen MR) is 33.6 cm³/mol. The molecule has 0 bridgehead atoms. The molecule has 0 aliphatic heterocycles. The van der Waals surface area contributed by atoms with E-state index in [1.54, 1.807) is 0 Å². The van der Waals surface area contributed by atoms with Gasteiger partial charge >= 0.3 is 0 Å². The second-order valence-electron chi connectivity index (χ2n) is 0.721. The van der Waals surface area contributed by atoms with Crippen LogP contribution in [0.2, 0.25) is 0 Å². The predicted octanol–water partition coefficient (Wildman–Crippen LogP) is 0.621. The molecule has 0 saturated carbocycles. The first-order valence-corrected chi connectivity index (χ1v) is 1.56. The molecular weight excluding hydrogens is 110 g/mol. The van der Waals surface area contributed by atoms with E-state index in [2.05, 4.69) is 11.6 Å². The standard InChI is InChI=1S/C4H5NO.H2S/c1-2-3-5-4-6;/h2H,1,3H2;1H2. The van der Waals surface area contributed by atoms with E-state index in [9.17, 15) is 4.79 Å². The SMILES string of the molecule is C=CCN=C=O.S. The third-order valence-electron chi connectivity index (χ3n) is 0.285. The largest absolute Gasteiger partial charge is 0.235 e. The Bertz CT molecular complexity index is 85.7. The summed E-state index contributed by atoms with van der Waals surface area (Å²) >= 11 is 0. The Labute approximate surface area is 49.4 Å². The van der Waals surface area contributed by atoms with E-state index in [1.807, 2.05) is 0 Å². The molecule has 0 aliphatic carbocycles. The molecule has 0 heterocycles. The molecule has 0 aromatic rings. The van der Waals surface area contributed by atoms with Crippen LogP contribution in [0.15, 0.2) is 17.6 Å². The van der Waals surface area contributed by atoms with Crippen LogP contribution in [0.25, 0.3) is 0 Å². The van der Waals surface area contributed by atoms with Crippen molar-refractivity contribution in [3.63, 3.8) is 0 Å². The Morgan fingerprint density at radius 1 is 1.86 bits per heavy atom. The molecule has 2 nitrogen and oxygen atoms in total. The molecule has 0 unspecified atom stereocenters. The van der Waals surface area contributed by atoms with Gasteiger partial charge in [0.2, 0.25) is 6.08 Å². The monoisotopic (exact) mass is 117 g/mol. The second kappa shape index (κ2) is 9.08. The number of hydrogen-bond acceptors (Lipinski definition) is 2. The minimum Gasteiger partial charge on any atom is -0.211 e. The van der Waals surface area contributed by atoms with Crippen molar-refractivity contribution in [3.05, 3.63) is 12.7 Å². The number of rotatable bonds is 2. The highest BCUT2D eigenvalue weighted by Gasteiger charge is 1.58. The Kier molecular flexibility index (Phi) is 12.6. The lowest BCUT2D eigenvalue weighted by atomic mass is 10.7. The molecule has 0 rings (SSSR count). The Morgan fingerprint density at radius 3 is 2.57 bits per heavy atom. The fraction of sp³-hybridized carbons (Fsp3) is 0.250. The van der Waals surface area contributed by atoms with Gasteiger partial charge < -0.3 is 0 Å². The molecule has 0 amide bonds. The molecule has 3 heteroatoms. The quantitative estimate of drug-likeness (QED) is 0.296. The van der Waals surface area contributed by atoms with Crippen LogP contribution in [0.1, 0.15) is 0 Å². The molecule has 0 saturated heterocycles. The number of aliphatic imine (C=N–C) groups is 1. The molecule has 0 atom stereocenters. The van der Waals surface area contributed by atoms with E-state index >= 15 is 0 Å². The molecular formula is C4H7NOS. The zero-order chi connectivity index (χ0) is 4.83. The van der Waals surface area contributed by atoms with E-state index in [0.29, 0.717) is 6.54 Å². The molecule has 0 radical (unpaired) electrons. The fourth-order valence-electron chi connectivity index (χ4n) is 0.102. The average Bonchev–Trinajstić information content (AvgIpc) is 1.61. The summed E-state index contributed by atoms with van der Waals surface area (Å²) in [5.41, 5.74) is 0. The van der Waals surface area contributed by atoms with Crippen LogP contribution in [-0.4, -0.2) is 12.6 Å². The van der Waals surface area contributed by atoms with Crippen molar-refractivity contribution in [3.8, 4) is 0 Å². The Balaban J connectivity index is 0. The Hall–Kier alpha value is -0.530. The summed E-state index contributed by atoms with van der Waals surface area (Å²) in [5, 5.41) is 0. The van der Waals surface area contributed by atoms with Gasteiger partial charge in [0.05, 0.1) is 6.54 Å². The lowest BCUT2D eigenvalue weighted by molar-refractivity contribution is 0.564. The number of nitrogens with zero attached hydrogens (tertiary/aromatic N) is 1. The maximum atomic E-state index is 9.22. The van der Waals surface area contributed by atoms with Gasteiger partial charge in [-0.1, -0.05) is 6.08 Å². The first-order valence-electron chi connectivity index (χ1n) is 1.56. The van der Waals surface area contributed by atoms with Crippen molar-refractivity contribution in [2.24, 2.45) is 4.99 Å². The van der Waals surface area contributed by atoms with Crippen LogP contribution < -0.4 is 0 Å². The van der Waals surface area contributed by atoms with Gasteiger partial charge in [0.25, 0.3) is 0 Å². The van der Waals surface area contributed by atoms with Gasteiger partial charge in [-0.3, -0.25) is 0 Å². The van der Waals surface area contributed by atoms with Crippen molar-refractivity contribution >= 4 is 19.6 Å². The lowest BCUT2D eigenvalue weighted by Crippen LogP contribution is -1.63. The van der Waals surface area contributed by atoms with Crippen molar-refractivity contribution < 1.29 is 4.79 Å². The molecule has 0 aromatic carbocycles. The van der Waals surface area contributed by atoms with Crippen LogP contribution in [0.3, 0.4) is 0 Å². The summed E-state index contributed by atoms with van der Waals surface area (Å²) in [6.07, 6.45) is 2.90. The van der Waals surface area contributed by atoms with Crippen molar-refractivity contribution in [2.75, 3.05) is 6.54 Å². The maximum Gasteiger partial charge on any atom is 0.235 e. The minimum absolute atomic E-state index is 0. The van der Waals surface area contributed by atoms with Crippen molar-refractivity contribution in [1.29, 1.82) is 0 Å². The van der Waals surface area contributed by atoms with Crippen LogP contribution in [-0.2, 0) is 4.79 Å². The number of carbonyl (C=O) groups excluding carboxylic acids is 1. The van der Waals surface area contributed by atoms with Gasteiger partial charge in [-0.15, -0.1) is 6.58 Å². The van der Waals surface area contributed by atoms with Crippen molar-refractivity contribution in [1.82, 2.24) is 0 Å². The van der Waals surface area contributed by atoms with E-state index in [1.165, 1.54) is 12.2 Å². The number of isocyanates is 1. The third kappa shape index (κ3) is 10.8. The van der Waals surface area contributed by atoms with Crippen molar-refractivity contribution in [2.45, 2.75) is 0 Å². The molecule has 0 aromatic heterocycles. The van der Waals surface area contributed by atoms with Crippen LogP contribution >= 0.6 is 13.5 Å². The zero-order valence-corrected chi connectivity index (χ0v) is 4.85. The first kappa shape index (κ1) is 9.69. The molecule has 0 aliphatic rings. The van der Waals surface area contributed by atoms with Crippen LogP contribution in [0, 0.1) is 0 Å². The van der Waals surface area contributed by atoms with Gasteiger partial charge in [0.1, 0.15) is 0 Å². The van der Waals surface area contributed by atoms with Gasteiger partial charge in [-0.05, 0) is 0 Å². The highest BCUT2D eigenvalue weighted by molar-refractivity contribution is 7.59. The minimum atomic E-state index is 0. The van der Waals surface area contributed by atoms with Gasteiger partial charge in [-0.2, -0.15) is 13.5 Å². The van der Waals surface area contributed by atoms with Crippen LogP contribution in [0.4, 0.5) is 0 Å². The summed E-state index contributed by atoms with van der Waals surface area (Å²) in [5.74, 6) is 0. The maximum absolute atomic E-state index is 9.22. The van der Waals surface area contributed by atoms with Crippen LogP contribution in [0.5, 0.6) is 0 Å². The fourth-order valence-corrected chi connectivity index (χ4v) is 0.102. The van der Waals surface area contributed by atoms with E-state index in [0.717, 1.165) is 0 Å². The lowest BCUT2D eigenvalue weighted by Gasteiger charge is -1.64. The van der Waals surface area contributed by atoms with E-state index in [4.69, 9.17) is 0 Å². The summed E-state index contributed by atoms with van der Waals surface area (Å²) in [6, 6.07) is 0. The first-order chi connectivity index (χ1) is 2.91. The molecule has 40 valence electrons. The highest BCUT2D eigenvalue weighted by Crippen LogP contribution is 1.61. The topological polar surface area (TPSA) is 29.4 Å². The molecule has 0 spiro atoms. The average molecular weight is 117 g/mol. The Morgan fingerprint density at radius 2 is 2.43 bits per heavy atom. The molecule has 0 fully saturated rings. The summed E-state index contributed by atoms with van der Waals surface area (Å²) in [6.45, 7) is 3.70. The van der Waals surface area contributed by atoms with Gasteiger partial charge in [-0.25, -0.2) is 9.79 Å². The molecule has 0 N–H and O–H groups in total. The third-order valence-corrected chi connectivity index (χ3v) is 0.285. The second-order valence-corrected chi connectivity index (χ2v) is 0.721. The summed E-state index contributed by atoms with van der Waals surface area (Å²) < 4.78 is 0. The van der Waals surface area contributed by atoms with E-state index in [-0.39, 0.29) is 13.5 Å². The highest BCUT2D eigenvalue weighted by atomic mass is 32.1. The summed E-state index contributed by atoms with van der Waals surface area (Å²) in [4.78, 5) is 12.4. The zero-order valence-electron chi connectivity index (χ0n) is 3.85. The smallest absolute Gasteiger partial charge is 0.211 e. The normalized spacial score (nSPS) is 5.14. The van der Waals surface area contributed by atoms with Gasteiger partial charge in [0, 0.05) is 0 Å². The molecule has 7 heavy (non-hydrogen) atoms. The number of hydrogen-bond donors (Lipinski definition) is 0. The van der Waals surface area contributed by atoms with Gasteiger partial charge in [0.15, 0.2) is 0 Å².